The molecule has 1 unspecified atom stereocenters. The molecule has 5 nitrogen and oxygen atoms in total. The Kier molecular flexibility index (Phi) is 5.22. The average Bonchev–Trinajstić information content (AvgIpc) is 2.91. The Labute approximate surface area is 159 Å². The molecule has 130 valence electrons. The largest absolute Gasteiger partial charge is 0.333 e. The molecule has 0 fully saturated rings. The van der Waals surface area contributed by atoms with Crippen LogP contribution in [0.4, 0.5) is 5.82 Å². The van der Waals surface area contributed by atoms with Gasteiger partial charge in [0.2, 0.25) is 5.91 Å². The molecule has 0 aliphatic carbocycles. The Bertz CT molecular complexity index is 918. The fourth-order valence-electron chi connectivity index (χ4n) is 2.25. The lowest BCUT2D eigenvalue weighted by Gasteiger charge is -2.11. The third kappa shape index (κ3) is 4.08. The van der Waals surface area contributed by atoms with Gasteiger partial charge in [0.05, 0.1) is 26.3 Å². The van der Waals surface area contributed by atoms with E-state index in [0.29, 0.717) is 21.0 Å². The van der Waals surface area contributed by atoms with Crippen LogP contribution in [0.5, 0.6) is 0 Å². The van der Waals surface area contributed by atoms with Gasteiger partial charge in [-0.3, -0.25) is 4.79 Å². The van der Waals surface area contributed by atoms with E-state index in [0.717, 1.165) is 11.0 Å². The number of anilines is 1. The second-order valence-corrected chi connectivity index (χ2v) is 7.90. The highest BCUT2D eigenvalue weighted by molar-refractivity contribution is 8.00. The zero-order valence-corrected chi connectivity index (χ0v) is 16.2. The van der Waals surface area contributed by atoms with Crippen LogP contribution >= 0.6 is 35.0 Å². The molecule has 1 amide bonds. The highest BCUT2D eigenvalue weighted by Gasteiger charge is 2.18. The van der Waals surface area contributed by atoms with E-state index in [9.17, 15) is 4.79 Å². The second kappa shape index (κ2) is 7.23. The van der Waals surface area contributed by atoms with Gasteiger partial charge in [0.1, 0.15) is 0 Å². The maximum absolute atomic E-state index is 12.4. The first-order valence-electron chi connectivity index (χ1n) is 7.59. The van der Waals surface area contributed by atoms with Gasteiger partial charge >= 0.3 is 0 Å². The number of fused-ring (bicyclic) bond motifs is 1. The summed E-state index contributed by atoms with van der Waals surface area (Å²) in [7, 11) is 0. The van der Waals surface area contributed by atoms with Gasteiger partial charge in [-0.2, -0.15) is 0 Å². The Balaban J connectivity index is 1.72. The van der Waals surface area contributed by atoms with Crippen LogP contribution in [0.3, 0.4) is 0 Å². The average molecular weight is 395 g/mol. The van der Waals surface area contributed by atoms with Crippen molar-refractivity contribution < 1.29 is 4.79 Å². The molecule has 2 N–H and O–H groups in total. The summed E-state index contributed by atoms with van der Waals surface area (Å²) < 4.78 is 0. The van der Waals surface area contributed by atoms with Crippen LogP contribution in [0.15, 0.2) is 29.6 Å². The number of aromatic nitrogens is 3. The fourth-order valence-corrected chi connectivity index (χ4v) is 3.50. The van der Waals surface area contributed by atoms with E-state index < -0.39 is 0 Å². The van der Waals surface area contributed by atoms with Crippen molar-refractivity contribution in [1.29, 1.82) is 0 Å². The van der Waals surface area contributed by atoms with Crippen LogP contribution in [0, 0.1) is 13.8 Å². The van der Waals surface area contributed by atoms with Crippen molar-refractivity contribution in [2.45, 2.75) is 31.2 Å². The first kappa shape index (κ1) is 18.0. The fraction of sp³-hybridized carbons (Fsp3) is 0.235. The molecule has 0 radical (unpaired) electrons. The maximum Gasteiger partial charge on any atom is 0.238 e. The Morgan fingerprint density at radius 1 is 1.24 bits per heavy atom. The number of imidazole rings is 1. The minimum Gasteiger partial charge on any atom is -0.333 e. The van der Waals surface area contributed by atoms with Crippen molar-refractivity contribution in [1.82, 2.24) is 15.0 Å². The van der Waals surface area contributed by atoms with Gasteiger partial charge in [-0.15, -0.1) is 0 Å². The third-order valence-electron chi connectivity index (χ3n) is 3.78. The van der Waals surface area contributed by atoms with Gasteiger partial charge in [-0.05, 0) is 50.1 Å². The van der Waals surface area contributed by atoms with Gasteiger partial charge in [-0.25, -0.2) is 9.97 Å². The zero-order chi connectivity index (χ0) is 18.1. The molecule has 2 aromatic heterocycles. The molecule has 0 saturated carbocycles. The van der Waals surface area contributed by atoms with E-state index >= 15 is 0 Å². The number of hydrogen-bond donors (Lipinski definition) is 2. The van der Waals surface area contributed by atoms with Crippen LogP contribution in [0.1, 0.15) is 18.1 Å². The molecule has 0 aliphatic rings. The SMILES string of the molecule is Cc1cc2nc(SC(C)C(=O)Nc3ncc(Cl)cc3Cl)[nH]c2cc1C. The predicted octanol–water partition coefficient (Wildman–Crippen LogP) is 5.00. The number of carbonyl (C=O) groups is 1. The molecule has 0 bridgehead atoms. The predicted molar refractivity (Wildman–Crippen MR) is 104 cm³/mol. The van der Waals surface area contributed by atoms with E-state index in [2.05, 4.69) is 40.2 Å². The summed E-state index contributed by atoms with van der Waals surface area (Å²) in [5, 5.41) is 3.73. The number of halogens is 2. The highest BCUT2D eigenvalue weighted by Crippen LogP contribution is 2.27. The lowest BCUT2D eigenvalue weighted by molar-refractivity contribution is -0.115. The van der Waals surface area contributed by atoms with E-state index in [1.54, 1.807) is 6.92 Å². The zero-order valence-electron chi connectivity index (χ0n) is 13.9. The van der Waals surface area contributed by atoms with Crippen molar-refractivity contribution in [2.75, 3.05) is 5.32 Å². The normalized spacial score (nSPS) is 12.4. The van der Waals surface area contributed by atoms with Crippen LogP contribution in [0.2, 0.25) is 10.0 Å². The van der Waals surface area contributed by atoms with Gasteiger partial charge < -0.3 is 10.3 Å². The van der Waals surface area contributed by atoms with Gasteiger partial charge in [0, 0.05) is 6.20 Å². The number of nitrogens with zero attached hydrogens (tertiary/aromatic N) is 2. The number of nitrogens with one attached hydrogen (secondary N) is 2. The van der Waals surface area contributed by atoms with Gasteiger partial charge in [0.15, 0.2) is 11.0 Å². The van der Waals surface area contributed by atoms with E-state index in [4.69, 9.17) is 23.2 Å². The number of carbonyl (C=O) groups excluding carboxylic acids is 1. The molecule has 8 heteroatoms. The molecular formula is C17H16Cl2N4OS. The third-order valence-corrected chi connectivity index (χ3v) is 5.26. The summed E-state index contributed by atoms with van der Waals surface area (Å²) in [5.74, 6) is 0.0777. The molecule has 3 aromatic rings. The summed E-state index contributed by atoms with van der Waals surface area (Å²) in [6.45, 7) is 5.91. The molecule has 1 aromatic carbocycles. The molecule has 25 heavy (non-hydrogen) atoms. The molecule has 0 spiro atoms. The number of pyridine rings is 1. The molecule has 0 saturated heterocycles. The van der Waals surface area contributed by atoms with Crippen molar-refractivity contribution in [2.24, 2.45) is 0 Å². The summed E-state index contributed by atoms with van der Waals surface area (Å²) in [5.41, 5.74) is 4.23. The molecule has 2 heterocycles. The van der Waals surface area contributed by atoms with Gasteiger partial charge in [-0.1, -0.05) is 35.0 Å². The Hall–Kier alpha value is -1.76. The Morgan fingerprint density at radius 3 is 2.68 bits per heavy atom. The van der Waals surface area contributed by atoms with Crippen molar-refractivity contribution in [3.05, 3.63) is 45.6 Å². The van der Waals surface area contributed by atoms with E-state index in [1.807, 2.05) is 6.07 Å². The van der Waals surface area contributed by atoms with Crippen LogP contribution in [0.25, 0.3) is 11.0 Å². The second-order valence-electron chi connectivity index (χ2n) is 5.73. The maximum atomic E-state index is 12.4. The smallest absolute Gasteiger partial charge is 0.238 e. The van der Waals surface area contributed by atoms with Crippen LogP contribution < -0.4 is 5.32 Å². The lowest BCUT2D eigenvalue weighted by atomic mass is 10.1. The van der Waals surface area contributed by atoms with E-state index in [1.165, 1.54) is 35.2 Å². The first-order valence-corrected chi connectivity index (χ1v) is 9.22. The summed E-state index contributed by atoms with van der Waals surface area (Å²) >= 11 is 13.2. The molecule has 3 rings (SSSR count). The number of aromatic amines is 1. The first-order chi connectivity index (χ1) is 11.8. The van der Waals surface area contributed by atoms with Gasteiger partial charge in [0.25, 0.3) is 0 Å². The van der Waals surface area contributed by atoms with Crippen molar-refractivity contribution in [3.8, 4) is 0 Å². The quantitative estimate of drug-likeness (QED) is 0.610. The number of rotatable bonds is 4. The molecule has 0 aliphatic heterocycles. The highest BCUT2D eigenvalue weighted by atomic mass is 35.5. The number of aryl methyl sites for hydroxylation is 2. The summed E-state index contributed by atoms with van der Waals surface area (Å²) in [6, 6.07) is 5.63. The van der Waals surface area contributed by atoms with Crippen molar-refractivity contribution in [3.63, 3.8) is 0 Å². The van der Waals surface area contributed by atoms with Crippen LogP contribution in [-0.2, 0) is 4.79 Å². The molecular weight excluding hydrogens is 379 g/mol. The summed E-state index contributed by atoms with van der Waals surface area (Å²) in [6.07, 6.45) is 1.44. The lowest BCUT2D eigenvalue weighted by Crippen LogP contribution is -2.23. The number of H-pyrrole nitrogens is 1. The topological polar surface area (TPSA) is 70.7 Å². The minimum absolute atomic E-state index is 0.213. The number of thioether (sulfide) groups is 1. The Morgan fingerprint density at radius 2 is 1.96 bits per heavy atom. The van der Waals surface area contributed by atoms with Crippen LogP contribution in [-0.4, -0.2) is 26.1 Å². The van der Waals surface area contributed by atoms with Crippen molar-refractivity contribution >= 4 is 57.7 Å². The minimum atomic E-state index is -0.378. The monoisotopic (exact) mass is 394 g/mol. The number of benzene rings is 1. The summed E-state index contributed by atoms with van der Waals surface area (Å²) in [4.78, 5) is 24.2. The number of hydrogen-bond acceptors (Lipinski definition) is 4. The molecule has 1 atom stereocenters. The van der Waals surface area contributed by atoms with E-state index in [-0.39, 0.29) is 11.2 Å². The number of amides is 1. The standard InChI is InChI=1S/C17H16Cl2N4OS/c1-8-4-13-14(5-9(8)2)22-17(21-13)25-10(3)16(24)23-15-12(19)6-11(18)7-20-15/h4-7,10H,1-3H3,(H,21,22)(H,20,23,24).